The fourth-order valence-electron chi connectivity index (χ4n) is 10.4. The molecule has 296 valence electrons. The lowest BCUT2D eigenvalue weighted by Crippen LogP contribution is -2.50. The number of amides is 1. The Labute approximate surface area is 318 Å². The molecule has 11 N–H and O–H groups in total. The van der Waals surface area contributed by atoms with Crippen molar-refractivity contribution in [3.05, 3.63) is 11.6 Å². The van der Waals surface area contributed by atoms with E-state index in [4.69, 9.17) is 33.4 Å². The molecule has 0 aromatic carbocycles. The lowest BCUT2D eigenvalue weighted by atomic mass is 9.47. The molecule has 52 heavy (non-hydrogen) atoms. The van der Waals surface area contributed by atoms with Gasteiger partial charge in [-0.3, -0.25) is 14.6 Å². The van der Waals surface area contributed by atoms with Crippen molar-refractivity contribution in [1.82, 2.24) is 5.32 Å². The maximum absolute atomic E-state index is 13.0. The maximum Gasteiger partial charge on any atom is 0.323 e. The molecule has 11 nitrogen and oxygen atoms in total. The SMILES string of the molecule is CC(C)CCCCC1CCC2C3CC=C4CC(OC(=O)C(N)CCSCCNC(=O)C(CCCCN=C(N)N)N=C(N)N)CCC4(C)C3CCC12C. The van der Waals surface area contributed by atoms with Gasteiger partial charge < -0.3 is 38.7 Å². The van der Waals surface area contributed by atoms with Crippen molar-refractivity contribution >= 4 is 35.6 Å². The summed E-state index contributed by atoms with van der Waals surface area (Å²) in [6.07, 6.45) is 20.1. The molecule has 0 spiro atoms. The average molecular weight is 745 g/mol. The lowest BCUT2D eigenvalue weighted by Gasteiger charge is -2.58. The number of unbranched alkanes of at least 4 members (excludes halogenated alkanes) is 2. The predicted molar refractivity (Wildman–Crippen MR) is 215 cm³/mol. The highest BCUT2D eigenvalue weighted by molar-refractivity contribution is 7.99. The fourth-order valence-corrected chi connectivity index (χ4v) is 11.3. The van der Waals surface area contributed by atoms with Gasteiger partial charge in [-0.25, -0.2) is 4.99 Å². The van der Waals surface area contributed by atoms with Crippen LogP contribution in [0, 0.1) is 40.4 Å². The van der Waals surface area contributed by atoms with Gasteiger partial charge in [0.15, 0.2) is 11.9 Å². The van der Waals surface area contributed by atoms with Gasteiger partial charge in [-0.15, -0.1) is 0 Å². The van der Waals surface area contributed by atoms with Crippen LogP contribution in [0.1, 0.15) is 130 Å². The molecule has 4 aliphatic carbocycles. The second kappa shape index (κ2) is 19.7. The molecule has 0 heterocycles. The van der Waals surface area contributed by atoms with Crippen molar-refractivity contribution < 1.29 is 14.3 Å². The summed E-state index contributed by atoms with van der Waals surface area (Å²) in [4.78, 5) is 33.8. The number of carbonyl (C=O) groups is 2. The Morgan fingerprint density at radius 1 is 0.942 bits per heavy atom. The largest absolute Gasteiger partial charge is 0.461 e. The van der Waals surface area contributed by atoms with Crippen molar-refractivity contribution in [3.63, 3.8) is 0 Å². The van der Waals surface area contributed by atoms with Crippen LogP contribution in [0.4, 0.5) is 0 Å². The van der Waals surface area contributed by atoms with Crippen molar-refractivity contribution in [3.8, 4) is 0 Å². The molecule has 1 amide bonds. The summed E-state index contributed by atoms with van der Waals surface area (Å²) >= 11 is 1.64. The Morgan fingerprint density at radius 3 is 2.44 bits per heavy atom. The van der Waals surface area contributed by atoms with E-state index in [9.17, 15) is 9.59 Å². The van der Waals surface area contributed by atoms with Gasteiger partial charge in [0.2, 0.25) is 5.91 Å². The van der Waals surface area contributed by atoms with Crippen LogP contribution in [0.5, 0.6) is 0 Å². The van der Waals surface area contributed by atoms with Crippen LogP contribution in [0.15, 0.2) is 21.6 Å². The summed E-state index contributed by atoms with van der Waals surface area (Å²) in [7, 11) is 0. The number of rotatable bonds is 20. The zero-order valence-electron chi connectivity index (χ0n) is 32.8. The average Bonchev–Trinajstić information content (AvgIpc) is 3.43. The molecule has 0 aromatic rings. The molecule has 9 unspecified atom stereocenters. The quantitative estimate of drug-likeness (QED) is 0.0312. The van der Waals surface area contributed by atoms with E-state index >= 15 is 0 Å². The predicted octanol–water partition coefficient (Wildman–Crippen LogP) is 5.35. The van der Waals surface area contributed by atoms with Gasteiger partial charge in [-0.1, -0.05) is 58.6 Å². The molecule has 3 saturated carbocycles. The second-order valence-electron chi connectivity index (χ2n) is 17.2. The number of aliphatic imine (C=N–C) groups is 2. The first-order chi connectivity index (χ1) is 24.7. The molecular weight excluding hydrogens is 673 g/mol. The summed E-state index contributed by atoms with van der Waals surface area (Å²) in [6.45, 7) is 10.8. The molecule has 0 aliphatic heterocycles. The number of fused-ring (bicyclic) bond motifs is 5. The third-order valence-corrected chi connectivity index (χ3v) is 14.3. The van der Waals surface area contributed by atoms with Crippen molar-refractivity contribution in [2.45, 2.75) is 149 Å². The molecular formula is C40H72N8O3S. The van der Waals surface area contributed by atoms with Crippen LogP contribution in [0.2, 0.25) is 0 Å². The first-order valence-corrected chi connectivity index (χ1v) is 21.5. The zero-order valence-corrected chi connectivity index (χ0v) is 33.6. The molecule has 4 rings (SSSR count). The first kappa shape index (κ1) is 42.3. The van der Waals surface area contributed by atoms with Crippen LogP contribution >= 0.6 is 11.8 Å². The van der Waals surface area contributed by atoms with Crippen LogP contribution in [-0.4, -0.2) is 66.6 Å². The molecule has 0 aromatic heterocycles. The number of allylic oxidation sites excluding steroid dienone is 1. The summed E-state index contributed by atoms with van der Waals surface area (Å²) < 4.78 is 6.05. The number of nitrogens with two attached hydrogens (primary N) is 5. The molecule has 4 aliphatic rings. The van der Waals surface area contributed by atoms with E-state index in [2.05, 4.69) is 49.1 Å². The smallest absolute Gasteiger partial charge is 0.323 e. The molecule has 9 atom stereocenters. The zero-order chi connectivity index (χ0) is 37.9. The molecule has 3 fully saturated rings. The van der Waals surface area contributed by atoms with E-state index in [1.165, 1.54) is 63.4 Å². The lowest BCUT2D eigenvalue weighted by molar-refractivity contribution is -0.153. The van der Waals surface area contributed by atoms with Crippen LogP contribution in [-0.2, 0) is 14.3 Å². The summed E-state index contributed by atoms with van der Waals surface area (Å²) in [5.41, 5.74) is 30.4. The van der Waals surface area contributed by atoms with E-state index in [0.717, 1.165) is 55.3 Å². The number of esters is 1. The maximum atomic E-state index is 13.0. The summed E-state index contributed by atoms with van der Waals surface area (Å²) in [6, 6.07) is -1.31. The Balaban J connectivity index is 1.16. The molecule has 0 saturated heterocycles. The third kappa shape index (κ3) is 11.3. The van der Waals surface area contributed by atoms with Crippen LogP contribution in [0.3, 0.4) is 0 Å². The van der Waals surface area contributed by atoms with E-state index in [-0.39, 0.29) is 35.3 Å². The minimum Gasteiger partial charge on any atom is -0.461 e. The summed E-state index contributed by atoms with van der Waals surface area (Å²) in [5.74, 6) is 4.93. The fraction of sp³-hybridized carbons (Fsp3) is 0.850. The Kier molecular flexibility index (Phi) is 16.0. The summed E-state index contributed by atoms with van der Waals surface area (Å²) in [5, 5.41) is 2.91. The number of ether oxygens (including phenoxy) is 1. The van der Waals surface area contributed by atoms with Crippen molar-refractivity contribution in [1.29, 1.82) is 0 Å². The number of carbonyl (C=O) groups excluding carboxylic acids is 2. The minimum absolute atomic E-state index is 0.0478. The van der Waals surface area contributed by atoms with Crippen molar-refractivity contribution in [2.24, 2.45) is 79.1 Å². The Hall–Kier alpha value is -2.47. The monoisotopic (exact) mass is 745 g/mol. The van der Waals surface area contributed by atoms with Gasteiger partial charge in [0.1, 0.15) is 18.2 Å². The van der Waals surface area contributed by atoms with Gasteiger partial charge in [0.05, 0.1) is 0 Å². The standard InChI is InChI=1S/C40H72N8O3S/c1-26(2)9-5-6-10-27-13-15-31-30-14-12-28-25-29(16-19-40(28,4)32(30)17-20-39(27,31)3)51-36(50)33(41)18-23-52-24-22-46-35(49)34(48-38(44)45)11-7-8-21-47-37(42)43/h12,26-27,29-34H,5-11,13-25,41H2,1-4H3,(H,46,49)(H4,42,43,47)(H4,44,45,48). The third-order valence-electron chi connectivity index (χ3n) is 13.3. The number of guanidine groups is 2. The molecule has 0 bridgehead atoms. The van der Waals surface area contributed by atoms with Gasteiger partial charge in [-0.2, -0.15) is 11.8 Å². The number of hydrogen-bond donors (Lipinski definition) is 6. The number of nitrogens with one attached hydrogen (secondary N) is 1. The van der Waals surface area contributed by atoms with Crippen LogP contribution < -0.4 is 34.0 Å². The normalized spacial score (nSPS) is 30.6. The number of nitrogens with zero attached hydrogens (tertiary/aromatic N) is 2. The van der Waals surface area contributed by atoms with E-state index < -0.39 is 12.1 Å². The van der Waals surface area contributed by atoms with Gasteiger partial charge in [0, 0.05) is 25.3 Å². The Morgan fingerprint density at radius 2 is 1.71 bits per heavy atom. The molecule has 0 radical (unpaired) electrons. The van der Waals surface area contributed by atoms with E-state index in [1.54, 1.807) is 11.8 Å². The van der Waals surface area contributed by atoms with Gasteiger partial charge in [0.25, 0.3) is 0 Å². The minimum atomic E-state index is -0.659. The topological polar surface area (TPSA) is 210 Å². The Bertz CT molecular complexity index is 1270. The second-order valence-corrected chi connectivity index (χ2v) is 18.5. The highest BCUT2D eigenvalue weighted by Crippen LogP contribution is 2.66. The number of thioether (sulfide) groups is 1. The van der Waals surface area contributed by atoms with Crippen LogP contribution in [0.25, 0.3) is 0 Å². The number of hydrogen-bond acceptors (Lipinski definition) is 7. The first-order valence-electron chi connectivity index (χ1n) is 20.4. The van der Waals surface area contributed by atoms with Gasteiger partial charge >= 0.3 is 5.97 Å². The molecule has 12 heteroatoms. The van der Waals surface area contributed by atoms with Crippen molar-refractivity contribution in [2.75, 3.05) is 24.6 Å². The van der Waals surface area contributed by atoms with Gasteiger partial charge in [-0.05, 0) is 123 Å². The highest BCUT2D eigenvalue weighted by Gasteiger charge is 2.58. The van der Waals surface area contributed by atoms with E-state index in [1.807, 2.05) is 0 Å². The van der Waals surface area contributed by atoms with E-state index in [0.29, 0.717) is 49.3 Å². The highest BCUT2D eigenvalue weighted by atomic mass is 32.2.